The smallest absolute Gasteiger partial charge is 0.264 e. The van der Waals surface area contributed by atoms with Crippen molar-refractivity contribution in [2.24, 2.45) is 0 Å². The van der Waals surface area contributed by atoms with Gasteiger partial charge < -0.3 is 4.74 Å². The Bertz CT molecular complexity index is 717. The van der Waals surface area contributed by atoms with Gasteiger partial charge in [0.1, 0.15) is 17.3 Å². The minimum atomic E-state index is -3.85. The van der Waals surface area contributed by atoms with E-state index in [0.717, 1.165) is 10.0 Å². The van der Waals surface area contributed by atoms with Crippen molar-refractivity contribution in [3.63, 3.8) is 0 Å². The van der Waals surface area contributed by atoms with Crippen LogP contribution < -0.4 is 4.74 Å². The zero-order chi connectivity index (χ0) is 14.8. The van der Waals surface area contributed by atoms with E-state index < -0.39 is 9.05 Å². The summed E-state index contributed by atoms with van der Waals surface area (Å²) in [5.41, 5.74) is 1.48. The summed E-state index contributed by atoms with van der Waals surface area (Å²) in [5, 5.41) is 0. The predicted molar refractivity (Wildman–Crippen MR) is 80.5 cm³/mol. The average Bonchev–Trinajstić information content (AvgIpc) is 2.38. The molecule has 0 bridgehead atoms. The lowest BCUT2D eigenvalue weighted by molar-refractivity contribution is 0.293. The molecular weight excluding hydrogens is 366 g/mol. The zero-order valence-corrected chi connectivity index (χ0v) is 13.7. The van der Waals surface area contributed by atoms with Crippen LogP contribution in [0.25, 0.3) is 0 Å². The van der Waals surface area contributed by atoms with Crippen molar-refractivity contribution >= 4 is 35.7 Å². The highest BCUT2D eigenvalue weighted by atomic mass is 79.9. The molecule has 0 N–H and O–H groups in total. The van der Waals surface area contributed by atoms with Crippen molar-refractivity contribution in [2.45, 2.75) is 18.4 Å². The number of aryl methyl sites for hydroxylation is 1. The first kappa shape index (κ1) is 15.3. The van der Waals surface area contributed by atoms with Crippen LogP contribution >= 0.6 is 26.6 Å². The average molecular weight is 377 g/mol. The molecule has 4 nitrogen and oxygen atoms in total. The summed E-state index contributed by atoms with van der Waals surface area (Å²) in [5.74, 6) is 0.218. The van der Waals surface area contributed by atoms with Crippen LogP contribution in [0, 0.1) is 6.92 Å². The Morgan fingerprint density at radius 3 is 2.65 bits per heavy atom. The Morgan fingerprint density at radius 1 is 1.30 bits per heavy atom. The Balaban J connectivity index is 2.23. The molecule has 2 aromatic rings. The highest BCUT2D eigenvalue weighted by Gasteiger charge is 2.17. The third-order valence-corrected chi connectivity index (χ3v) is 4.34. The number of pyridine rings is 1. The molecule has 0 aliphatic heterocycles. The van der Waals surface area contributed by atoms with Crippen molar-refractivity contribution < 1.29 is 13.2 Å². The summed E-state index contributed by atoms with van der Waals surface area (Å²) >= 11 is 3.29. The molecule has 0 aliphatic carbocycles. The minimum Gasteiger partial charge on any atom is -0.486 e. The molecule has 7 heteroatoms. The molecule has 1 aromatic heterocycles. The summed E-state index contributed by atoms with van der Waals surface area (Å²) in [7, 11) is 1.56. The highest BCUT2D eigenvalue weighted by molar-refractivity contribution is 9.10. The number of ether oxygens (including phenoxy) is 1. The molecule has 0 spiro atoms. The van der Waals surface area contributed by atoms with Gasteiger partial charge >= 0.3 is 0 Å². The van der Waals surface area contributed by atoms with Crippen molar-refractivity contribution in [1.29, 1.82) is 0 Å². The number of hydrogen-bond donors (Lipinski definition) is 0. The minimum absolute atomic E-state index is 0.0312. The highest BCUT2D eigenvalue weighted by Crippen LogP contribution is 2.28. The molecule has 1 aromatic carbocycles. The largest absolute Gasteiger partial charge is 0.486 e. The first-order valence-electron chi connectivity index (χ1n) is 5.65. The fourth-order valence-electron chi connectivity index (χ4n) is 1.57. The lowest BCUT2D eigenvalue weighted by Gasteiger charge is -2.10. The maximum Gasteiger partial charge on any atom is 0.264 e. The number of halogens is 2. The maximum atomic E-state index is 11.5. The van der Waals surface area contributed by atoms with Crippen LogP contribution in [-0.2, 0) is 15.7 Å². The van der Waals surface area contributed by atoms with Crippen LogP contribution in [0.15, 0.2) is 45.9 Å². The molecule has 20 heavy (non-hydrogen) atoms. The number of rotatable bonds is 4. The van der Waals surface area contributed by atoms with Crippen molar-refractivity contribution in [1.82, 2.24) is 4.98 Å². The van der Waals surface area contributed by atoms with Gasteiger partial charge in [-0.1, -0.05) is 6.07 Å². The first-order valence-corrected chi connectivity index (χ1v) is 8.75. The van der Waals surface area contributed by atoms with Crippen LogP contribution in [-0.4, -0.2) is 13.4 Å². The number of benzene rings is 1. The lowest BCUT2D eigenvalue weighted by atomic mass is 10.2. The summed E-state index contributed by atoms with van der Waals surface area (Å²) < 4.78 is 29.4. The molecule has 1 heterocycles. The molecule has 0 saturated carbocycles. The van der Waals surface area contributed by atoms with Crippen LogP contribution in [0.2, 0.25) is 0 Å². The van der Waals surface area contributed by atoms with Gasteiger partial charge in [-0.25, -0.2) is 8.42 Å². The van der Waals surface area contributed by atoms with Crippen molar-refractivity contribution in [2.75, 3.05) is 0 Å². The van der Waals surface area contributed by atoms with Gasteiger partial charge in [0.05, 0.1) is 5.69 Å². The van der Waals surface area contributed by atoms with Crippen molar-refractivity contribution in [3.05, 3.63) is 52.3 Å². The molecular formula is C13H11BrClNO3S. The Labute approximate surface area is 130 Å². The van der Waals surface area contributed by atoms with Gasteiger partial charge in [-0.05, 0) is 52.7 Å². The van der Waals surface area contributed by atoms with Gasteiger partial charge in [0, 0.05) is 21.4 Å². The van der Waals surface area contributed by atoms with E-state index in [1.807, 2.05) is 6.07 Å². The second-order valence-electron chi connectivity index (χ2n) is 4.14. The third-order valence-electron chi connectivity index (χ3n) is 2.53. The van der Waals surface area contributed by atoms with E-state index in [0.29, 0.717) is 5.69 Å². The second-order valence-corrected chi connectivity index (χ2v) is 7.59. The van der Waals surface area contributed by atoms with E-state index in [1.165, 1.54) is 6.07 Å². The monoisotopic (exact) mass is 375 g/mol. The van der Waals surface area contributed by atoms with Crippen LogP contribution in [0.1, 0.15) is 11.3 Å². The molecule has 0 radical (unpaired) electrons. The molecule has 2 rings (SSSR count). The molecule has 0 unspecified atom stereocenters. The normalized spacial score (nSPS) is 11.3. The van der Waals surface area contributed by atoms with Crippen LogP contribution in [0.3, 0.4) is 0 Å². The van der Waals surface area contributed by atoms with Gasteiger partial charge in [-0.15, -0.1) is 0 Å². The molecule has 0 saturated heterocycles. The van der Waals surface area contributed by atoms with Crippen LogP contribution in [0.5, 0.6) is 5.75 Å². The second kappa shape index (κ2) is 6.11. The van der Waals surface area contributed by atoms with E-state index in [4.69, 9.17) is 15.4 Å². The van der Waals surface area contributed by atoms with Gasteiger partial charge in [-0.3, -0.25) is 4.98 Å². The Hall–Kier alpha value is -1.11. The summed E-state index contributed by atoms with van der Waals surface area (Å²) in [4.78, 5) is 4.12. The number of nitrogens with zero attached hydrogens (tertiary/aromatic N) is 1. The third kappa shape index (κ3) is 3.94. The molecule has 0 atom stereocenters. The van der Waals surface area contributed by atoms with Gasteiger partial charge in [0.25, 0.3) is 9.05 Å². The molecule has 106 valence electrons. The summed E-state index contributed by atoms with van der Waals surface area (Å²) in [6.45, 7) is 1.95. The van der Waals surface area contributed by atoms with Gasteiger partial charge in [0.2, 0.25) is 0 Å². The van der Waals surface area contributed by atoms with E-state index in [9.17, 15) is 8.42 Å². The number of aromatic nitrogens is 1. The van der Waals surface area contributed by atoms with E-state index >= 15 is 0 Å². The topological polar surface area (TPSA) is 56.3 Å². The van der Waals surface area contributed by atoms with E-state index in [-0.39, 0.29) is 17.3 Å². The molecule has 0 fully saturated rings. The van der Waals surface area contributed by atoms with Gasteiger partial charge in [0.15, 0.2) is 0 Å². The quantitative estimate of drug-likeness (QED) is 0.764. The standard InChI is InChI=1S/C13H11BrClNO3S/c1-9-2-5-12(13(6-9)20(15,17)18)19-8-11-4-3-10(14)7-16-11/h2-7H,8H2,1H3. The molecule has 0 aliphatic rings. The maximum absolute atomic E-state index is 11.5. The first-order chi connectivity index (χ1) is 9.36. The van der Waals surface area contributed by atoms with E-state index in [2.05, 4.69) is 20.9 Å². The zero-order valence-electron chi connectivity index (χ0n) is 10.5. The van der Waals surface area contributed by atoms with E-state index in [1.54, 1.807) is 31.3 Å². The van der Waals surface area contributed by atoms with Crippen molar-refractivity contribution in [3.8, 4) is 5.75 Å². The fraction of sp³-hybridized carbons (Fsp3) is 0.154. The summed E-state index contributed by atoms with van der Waals surface area (Å²) in [6.07, 6.45) is 1.65. The molecule has 0 amide bonds. The number of hydrogen-bond acceptors (Lipinski definition) is 4. The Kier molecular flexibility index (Phi) is 4.67. The predicted octanol–water partition coefficient (Wildman–Crippen LogP) is 3.66. The van der Waals surface area contributed by atoms with Crippen LogP contribution in [0.4, 0.5) is 0 Å². The Morgan fingerprint density at radius 2 is 2.05 bits per heavy atom. The van der Waals surface area contributed by atoms with Gasteiger partial charge in [-0.2, -0.15) is 0 Å². The fourth-order valence-corrected chi connectivity index (χ4v) is 2.86. The SMILES string of the molecule is Cc1ccc(OCc2ccc(Br)cn2)c(S(=O)(=O)Cl)c1. The lowest BCUT2D eigenvalue weighted by Crippen LogP contribution is -2.02. The summed E-state index contributed by atoms with van der Waals surface area (Å²) in [6, 6.07) is 8.44.